The van der Waals surface area contributed by atoms with E-state index in [1.54, 1.807) is 30.5 Å². The maximum absolute atomic E-state index is 13.9. The van der Waals surface area contributed by atoms with Gasteiger partial charge in [-0.25, -0.2) is 24.4 Å². The number of thioether (sulfide) groups is 1. The highest BCUT2D eigenvalue weighted by atomic mass is 32.2. The van der Waals surface area contributed by atoms with Crippen LogP contribution >= 0.6 is 23.1 Å². The zero-order valence-corrected chi connectivity index (χ0v) is 64.7. The number of ether oxygens (including phenoxy) is 6. The standard InChI is InChI=1S/C78H93N10O18S2.Al/c1-7-47(8-2)13-11-12-45(3)107-59-33-62(90)87(69(59)95)27-23-61(89)80-24-28-101-30-31-102-57-32-50(105-72-66(93)64(91)65(92)67(106-72)71(98)99)18-16-49(57)37-103-74(100)81-25-29-104-78-41-75(5)38-76(6,42-78)40-77(39-75,43-78)44-88-46(4)54(35-82-88)52-20-21-60(84-63(52)70(96)97)86-26-22-51-48(34-79)17-19-53(55(51)36-86)68(94)85-73-83-56-14-9-10-15-58(56)108-73;/h9-12,14-21,32,35,47,59,64-67,72,91-93H,7-8,13,22-31,33,36-44H2,1-6H3,(H,80,89)(H,81,100)(H,96,97)(H,98,99)(H,83,85,94);/b12-11-;/t59?,64-,65-,66+,67-,72+,75?,76?,77?,78?;/m0./s1. The summed E-state index contributed by atoms with van der Waals surface area (Å²) in [7, 11) is 0. The average Bonchev–Trinajstić information content (AvgIpc) is 0.854. The third kappa shape index (κ3) is 18.4. The van der Waals surface area contributed by atoms with Crippen LogP contribution in [0.15, 0.2) is 85.1 Å². The number of benzene rings is 3. The molecular weight excluding hydrogens is 1460 g/mol. The number of pyridine rings is 1. The molecule has 8 N–H and O–H groups in total. The summed E-state index contributed by atoms with van der Waals surface area (Å²) < 4.78 is 38.1. The Morgan fingerprint density at radius 1 is 0.890 bits per heavy atom. The quantitative estimate of drug-likeness (QED) is 0.00826. The van der Waals surface area contributed by atoms with E-state index in [0.29, 0.717) is 69.8 Å². The molecule has 28 nitrogen and oxygen atoms in total. The molecule has 7 aliphatic rings. The number of aliphatic carboxylic acids is 1. The number of carbonyl (C=O) groups is 7. The molecule has 2 saturated heterocycles. The van der Waals surface area contributed by atoms with E-state index in [2.05, 4.69) is 83.1 Å². The van der Waals surface area contributed by atoms with Crippen molar-refractivity contribution in [2.75, 3.05) is 62.8 Å². The van der Waals surface area contributed by atoms with Crippen molar-refractivity contribution in [2.24, 2.45) is 22.2 Å². The molecule has 2 radical (unpaired) electrons. The van der Waals surface area contributed by atoms with Crippen LogP contribution in [0, 0.1) is 40.4 Å². The first-order valence-corrected chi connectivity index (χ1v) is 39.2. The van der Waals surface area contributed by atoms with E-state index in [1.807, 2.05) is 47.7 Å². The Morgan fingerprint density at radius 3 is 2.39 bits per heavy atom. The maximum atomic E-state index is 13.9. The number of aromatic carboxylic acids is 1. The number of fused-ring (bicyclic) bond motifs is 2. The molecular formula is C78H93AlN10O18S2. The number of nitrogens with one attached hydrogen (secondary N) is 3. The smallest absolute Gasteiger partial charge is 0.407 e. The average molecular weight is 1550 g/mol. The molecule has 4 aliphatic carbocycles. The Morgan fingerprint density at radius 2 is 1.65 bits per heavy atom. The Balaban J connectivity index is 0.636. The van der Waals surface area contributed by atoms with Crippen LogP contribution in [0.2, 0.25) is 0 Å². The number of amides is 5. The van der Waals surface area contributed by atoms with Gasteiger partial charge in [0.15, 0.2) is 33.2 Å². The molecule has 578 valence electrons. The van der Waals surface area contributed by atoms with Crippen LogP contribution in [0.25, 0.3) is 21.3 Å². The third-order valence-corrected chi connectivity index (χ3v) is 24.6. The summed E-state index contributed by atoms with van der Waals surface area (Å²) in [5.41, 5.74) is 4.20. The van der Waals surface area contributed by atoms with Crippen LogP contribution in [0.5, 0.6) is 11.5 Å². The van der Waals surface area contributed by atoms with Gasteiger partial charge in [0.05, 0.1) is 58.7 Å². The molecule has 4 bridgehead atoms. The number of aliphatic hydroxyl groups excluding tert-OH is 3. The lowest BCUT2D eigenvalue weighted by atomic mass is 9.39. The lowest BCUT2D eigenvalue weighted by Gasteiger charge is -2.69. The van der Waals surface area contributed by atoms with E-state index in [1.165, 1.54) is 41.3 Å². The predicted octanol–water partition coefficient (Wildman–Crippen LogP) is 8.61. The van der Waals surface area contributed by atoms with Gasteiger partial charge in [-0.3, -0.25) is 34.1 Å². The molecule has 13 rings (SSSR count). The van der Waals surface area contributed by atoms with Gasteiger partial charge in [0.2, 0.25) is 24.0 Å². The Bertz CT molecular complexity index is 4450. The number of allylic oxidation sites excluding steroid dienone is 1. The van der Waals surface area contributed by atoms with E-state index in [4.69, 9.17) is 38.5 Å². The van der Waals surface area contributed by atoms with Crippen molar-refractivity contribution in [3.63, 3.8) is 0 Å². The van der Waals surface area contributed by atoms with Crippen LogP contribution in [0.1, 0.15) is 154 Å². The molecule has 4 unspecified atom stereocenters. The van der Waals surface area contributed by atoms with Crippen molar-refractivity contribution in [3.05, 3.63) is 124 Å². The molecule has 4 saturated carbocycles. The number of rotatable bonds is 33. The molecule has 6 aromatic rings. The van der Waals surface area contributed by atoms with E-state index >= 15 is 0 Å². The number of thiazole rings is 1. The van der Waals surface area contributed by atoms with Crippen molar-refractivity contribution in [1.29, 1.82) is 5.26 Å². The number of carbonyl (C=O) groups excluding carboxylic acids is 5. The second kappa shape index (κ2) is 33.6. The zero-order valence-electron chi connectivity index (χ0n) is 62.0. The number of hydrogen-bond acceptors (Lipinski definition) is 23. The van der Waals surface area contributed by atoms with Gasteiger partial charge in [0, 0.05) is 86.1 Å². The van der Waals surface area contributed by atoms with Crippen molar-refractivity contribution in [2.45, 2.75) is 183 Å². The number of para-hydroxylation sites is 1. The van der Waals surface area contributed by atoms with Gasteiger partial charge in [-0.1, -0.05) is 83.1 Å². The Kier molecular flexibility index (Phi) is 24.7. The monoisotopic (exact) mass is 1550 g/mol. The highest BCUT2D eigenvalue weighted by Gasteiger charge is 2.66. The number of nitriles is 1. The molecule has 31 heteroatoms. The zero-order chi connectivity index (χ0) is 77.7. The number of likely N-dealkylation sites (tertiary alicyclic amines) is 1. The van der Waals surface area contributed by atoms with Crippen LogP contribution in [0.4, 0.5) is 15.7 Å². The first-order chi connectivity index (χ1) is 52.0. The largest absolute Gasteiger partial charge is 0.491 e. The van der Waals surface area contributed by atoms with Gasteiger partial charge in [-0.05, 0) is 144 Å². The third-order valence-electron chi connectivity index (χ3n) is 21.8. The SMILES string of the molecule is CCC(CC)C/C=C\[C](C)([Al])SC1CC(=O)N(CCC(=O)NCCOCCOc2cc(O[C@@H]3O[C@H](C(=O)O)[C@@H](O)[C@H](O)[C@H]3O)ccc2COC(=O)NCCOC23CC4(C)CC(C)(CC(Cn5ncc(-c6ccc(N7CCc8c(C#N)ccc(C(=O)Nc9nc%10ccccc%10s9)c8C7)nc6C(=O)O)c5C)(C4)C2)C3)C1=O. The minimum absolute atomic E-state index is 0.00733. The summed E-state index contributed by atoms with van der Waals surface area (Å²) in [6.45, 7) is 14.1. The number of carboxylic acid groups (broad SMARTS) is 2. The van der Waals surface area contributed by atoms with Crippen LogP contribution in [-0.4, -0.2) is 206 Å². The van der Waals surface area contributed by atoms with Crippen LogP contribution in [0.3, 0.4) is 0 Å². The number of hydrogen-bond donors (Lipinski definition) is 8. The Labute approximate surface area is 648 Å². The number of carboxylic acids is 2. The fourth-order valence-electron chi connectivity index (χ4n) is 17.7. The molecule has 5 amide bonds. The van der Waals surface area contributed by atoms with E-state index in [9.17, 15) is 64.4 Å². The second-order valence-electron chi connectivity index (χ2n) is 30.6. The molecule has 9 atom stereocenters. The summed E-state index contributed by atoms with van der Waals surface area (Å²) in [5, 5.41) is 75.3. The van der Waals surface area contributed by atoms with Gasteiger partial charge in [0.1, 0.15) is 48.8 Å². The van der Waals surface area contributed by atoms with Crippen molar-refractivity contribution < 1.29 is 87.5 Å². The molecule has 3 aromatic heterocycles. The topological polar surface area (TPSA) is 386 Å². The number of anilines is 2. The predicted molar refractivity (Wildman–Crippen MR) is 404 cm³/mol. The number of aromatic nitrogens is 4. The van der Waals surface area contributed by atoms with E-state index in [-0.39, 0.29) is 129 Å². The van der Waals surface area contributed by atoms with Gasteiger partial charge in [0.25, 0.3) is 5.91 Å². The molecule has 6 heterocycles. The lowest BCUT2D eigenvalue weighted by molar-refractivity contribution is -0.271. The lowest BCUT2D eigenvalue weighted by Crippen LogP contribution is -2.64. The normalized spacial score (nSPS) is 25.5. The van der Waals surface area contributed by atoms with Gasteiger partial charge >= 0.3 is 18.0 Å². The maximum Gasteiger partial charge on any atom is 0.407 e. The summed E-state index contributed by atoms with van der Waals surface area (Å²) >= 11 is 5.54. The van der Waals surface area contributed by atoms with E-state index in [0.717, 1.165) is 84.2 Å². The first-order valence-electron chi connectivity index (χ1n) is 37.0. The van der Waals surface area contributed by atoms with Gasteiger partial charge in [-0.2, -0.15) is 22.1 Å². The number of nitrogens with zero attached hydrogens (tertiary/aromatic N) is 7. The molecule has 109 heavy (non-hydrogen) atoms. The molecule has 3 aromatic carbocycles. The molecule has 3 aliphatic heterocycles. The van der Waals surface area contributed by atoms with Crippen LogP contribution < -0.4 is 30.3 Å². The molecule has 6 fully saturated rings. The van der Waals surface area contributed by atoms with Crippen molar-refractivity contribution in [1.82, 2.24) is 35.3 Å². The van der Waals surface area contributed by atoms with Gasteiger partial charge < -0.3 is 69.5 Å². The fraction of sp³-hybridized carbons (Fsp3) is 0.526. The number of aliphatic hydroxyl groups is 3. The Hall–Kier alpha value is -8.53. The highest BCUT2D eigenvalue weighted by molar-refractivity contribution is 8.03. The summed E-state index contributed by atoms with van der Waals surface area (Å²) in [6.07, 6.45) is 4.54. The minimum atomic E-state index is -1.95. The highest BCUT2D eigenvalue weighted by Crippen LogP contribution is 2.72. The fourth-order valence-corrected chi connectivity index (χ4v) is 20.4. The number of alkyl carbamates (subject to hydrolysis) is 1. The van der Waals surface area contributed by atoms with E-state index < -0.39 is 63.2 Å². The summed E-state index contributed by atoms with van der Waals surface area (Å²) in [6, 6.07) is 21.0. The first kappa shape index (κ1) is 80.0. The minimum Gasteiger partial charge on any atom is -0.491 e. The second-order valence-corrected chi connectivity index (χ2v) is 34.9. The summed E-state index contributed by atoms with van der Waals surface area (Å²) in [5.74, 6) is -3.08. The van der Waals surface area contributed by atoms with Crippen molar-refractivity contribution in [3.8, 4) is 28.7 Å². The summed E-state index contributed by atoms with van der Waals surface area (Å²) in [4.78, 5) is 104. The van der Waals surface area contributed by atoms with Crippen LogP contribution in [-0.2, 0) is 64.2 Å². The molecule has 0 spiro atoms. The number of imide groups is 1. The van der Waals surface area contributed by atoms with Crippen molar-refractivity contribution >= 4 is 102 Å². The van der Waals surface area contributed by atoms with Gasteiger partial charge in [-0.15, -0.1) is 0 Å².